The first-order valence-electron chi connectivity index (χ1n) is 5.85. The van der Waals surface area contributed by atoms with Crippen molar-refractivity contribution in [3.63, 3.8) is 0 Å². The van der Waals surface area contributed by atoms with Crippen LogP contribution in [0.5, 0.6) is 0 Å². The highest BCUT2D eigenvalue weighted by Gasteiger charge is 2.15. The molecule has 0 bridgehead atoms. The fourth-order valence-corrected chi connectivity index (χ4v) is 2.79. The van der Waals surface area contributed by atoms with Crippen LogP contribution in [0.4, 0.5) is 0 Å². The molecule has 1 atom stereocenters. The van der Waals surface area contributed by atoms with Crippen molar-refractivity contribution in [2.45, 2.75) is 32.9 Å². The predicted molar refractivity (Wildman–Crippen MR) is 72.9 cm³/mol. The summed E-state index contributed by atoms with van der Waals surface area (Å²) in [5.74, 6) is 1.31. The summed E-state index contributed by atoms with van der Waals surface area (Å²) in [5, 5.41) is 16.8. The number of nitrogens with zero attached hydrogens (tertiary/aromatic N) is 3. The molecule has 6 heteroatoms. The van der Waals surface area contributed by atoms with E-state index in [-0.39, 0.29) is 0 Å². The maximum Gasteiger partial charge on any atom is 0.138 e. The Bertz CT molecular complexity index is 509. The lowest BCUT2D eigenvalue weighted by Crippen LogP contribution is -2.13. The van der Waals surface area contributed by atoms with Crippen LogP contribution in [0.25, 0.3) is 0 Å². The Morgan fingerprint density at radius 1 is 1.50 bits per heavy atom. The Hall–Kier alpha value is -0.910. The molecule has 98 valence electrons. The van der Waals surface area contributed by atoms with Gasteiger partial charge in [-0.2, -0.15) is 5.10 Å². The molecule has 2 aromatic heterocycles. The second kappa shape index (κ2) is 5.82. The maximum atomic E-state index is 10.1. The van der Waals surface area contributed by atoms with Gasteiger partial charge in [0.05, 0.1) is 11.1 Å². The largest absolute Gasteiger partial charge is 0.387 e. The van der Waals surface area contributed by atoms with E-state index >= 15 is 0 Å². The molecule has 1 N–H and O–H groups in total. The van der Waals surface area contributed by atoms with Crippen molar-refractivity contribution in [3.05, 3.63) is 33.5 Å². The molecule has 0 aliphatic heterocycles. The summed E-state index contributed by atoms with van der Waals surface area (Å²) in [7, 11) is 0. The highest BCUT2D eigenvalue weighted by atomic mass is 35.5. The Balaban J connectivity index is 2.07. The molecule has 1 unspecified atom stereocenters. The van der Waals surface area contributed by atoms with Crippen molar-refractivity contribution < 1.29 is 5.11 Å². The van der Waals surface area contributed by atoms with Crippen LogP contribution in [-0.4, -0.2) is 19.9 Å². The van der Waals surface area contributed by atoms with Gasteiger partial charge in [0.15, 0.2) is 0 Å². The molecule has 0 radical (unpaired) electrons. The Morgan fingerprint density at radius 2 is 2.28 bits per heavy atom. The van der Waals surface area contributed by atoms with Crippen LogP contribution in [0.1, 0.15) is 30.7 Å². The molecule has 18 heavy (non-hydrogen) atoms. The van der Waals surface area contributed by atoms with Crippen molar-refractivity contribution in [2.24, 2.45) is 5.92 Å². The number of aliphatic hydroxyl groups excluding tert-OH is 1. The lowest BCUT2D eigenvalue weighted by atomic mass is 10.2. The van der Waals surface area contributed by atoms with Crippen LogP contribution >= 0.6 is 22.9 Å². The Labute approximate surface area is 115 Å². The molecule has 2 rings (SSSR count). The summed E-state index contributed by atoms with van der Waals surface area (Å²) < 4.78 is 1.85. The molecule has 0 aliphatic carbocycles. The number of halogens is 1. The molecular weight excluding hydrogens is 270 g/mol. The second-order valence-electron chi connectivity index (χ2n) is 4.64. The molecule has 2 aromatic rings. The minimum absolute atomic E-state index is 0.462. The fraction of sp³-hybridized carbons (Fsp3) is 0.500. The van der Waals surface area contributed by atoms with Crippen molar-refractivity contribution in [2.75, 3.05) is 0 Å². The SMILES string of the molecule is CC(C)Cn1ncnc1CC(O)c1cc(Cl)cs1. The number of rotatable bonds is 5. The quantitative estimate of drug-likeness (QED) is 0.919. The van der Waals surface area contributed by atoms with Gasteiger partial charge in [0.2, 0.25) is 0 Å². The fourth-order valence-electron chi connectivity index (χ4n) is 1.72. The summed E-state index contributed by atoms with van der Waals surface area (Å²) in [6, 6.07) is 1.79. The minimum atomic E-state index is -0.572. The molecule has 0 aliphatic rings. The van der Waals surface area contributed by atoms with Gasteiger partial charge in [-0.1, -0.05) is 25.4 Å². The van der Waals surface area contributed by atoms with E-state index in [1.165, 1.54) is 17.7 Å². The average molecular weight is 286 g/mol. The molecule has 0 aromatic carbocycles. The standard InChI is InChI=1S/C12H16ClN3OS/c1-8(2)5-16-12(14-7-15-16)4-10(17)11-3-9(13)6-18-11/h3,6-8,10,17H,4-5H2,1-2H3. The monoisotopic (exact) mass is 285 g/mol. The zero-order valence-corrected chi connectivity index (χ0v) is 11.9. The van der Waals surface area contributed by atoms with Crippen molar-refractivity contribution in [3.8, 4) is 0 Å². The van der Waals surface area contributed by atoms with Gasteiger partial charge in [0.1, 0.15) is 12.2 Å². The third-order valence-corrected chi connectivity index (χ3v) is 3.91. The first-order valence-corrected chi connectivity index (χ1v) is 7.10. The van der Waals surface area contributed by atoms with Gasteiger partial charge in [-0.3, -0.25) is 0 Å². The van der Waals surface area contributed by atoms with Gasteiger partial charge in [-0.05, 0) is 12.0 Å². The van der Waals surface area contributed by atoms with Gasteiger partial charge in [-0.25, -0.2) is 9.67 Å². The summed E-state index contributed by atoms with van der Waals surface area (Å²) in [5.41, 5.74) is 0. The highest BCUT2D eigenvalue weighted by molar-refractivity contribution is 7.10. The normalized spacial score (nSPS) is 13.2. The van der Waals surface area contributed by atoms with Crippen LogP contribution < -0.4 is 0 Å². The lowest BCUT2D eigenvalue weighted by Gasteiger charge is -2.11. The number of thiophene rings is 1. The second-order valence-corrected chi connectivity index (χ2v) is 6.02. The number of aliphatic hydroxyl groups is 1. The van der Waals surface area contributed by atoms with E-state index in [0.29, 0.717) is 17.4 Å². The predicted octanol–water partition coefficient (Wildman–Crippen LogP) is 2.93. The van der Waals surface area contributed by atoms with Crippen molar-refractivity contribution in [1.82, 2.24) is 14.8 Å². The lowest BCUT2D eigenvalue weighted by molar-refractivity contribution is 0.177. The van der Waals surface area contributed by atoms with E-state index in [9.17, 15) is 5.11 Å². The highest BCUT2D eigenvalue weighted by Crippen LogP contribution is 2.27. The number of aromatic nitrogens is 3. The van der Waals surface area contributed by atoms with E-state index in [1.807, 2.05) is 10.1 Å². The zero-order valence-electron chi connectivity index (χ0n) is 10.4. The summed E-state index contributed by atoms with van der Waals surface area (Å²) in [6.45, 7) is 5.06. The minimum Gasteiger partial charge on any atom is -0.387 e. The van der Waals surface area contributed by atoms with E-state index < -0.39 is 6.10 Å². The third kappa shape index (κ3) is 3.31. The van der Waals surface area contributed by atoms with Gasteiger partial charge in [-0.15, -0.1) is 11.3 Å². The molecule has 0 saturated heterocycles. The zero-order chi connectivity index (χ0) is 13.1. The van der Waals surface area contributed by atoms with Crippen LogP contribution in [0.15, 0.2) is 17.8 Å². The summed E-state index contributed by atoms with van der Waals surface area (Å²) >= 11 is 7.31. The van der Waals surface area contributed by atoms with Gasteiger partial charge in [0, 0.05) is 23.2 Å². The third-order valence-electron chi connectivity index (χ3n) is 2.53. The topological polar surface area (TPSA) is 50.9 Å². The van der Waals surface area contributed by atoms with Crippen LogP contribution in [0, 0.1) is 5.92 Å². The van der Waals surface area contributed by atoms with Crippen LogP contribution in [-0.2, 0) is 13.0 Å². The first kappa shape index (κ1) is 13.5. The van der Waals surface area contributed by atoms with Gasteiger partial charge in [0.25, 0.3) is 0 Å². The maximum absolute atomic E-state index is 10.1. The van der Waals surface area contributed by atoms with Gasteiger partial charge >= 0.3 is 0 Å². The number of hydrogen-bond acceptors (Lipinski definition) is 4. The molecule has 4 nitrogen and oxygen atoms in total. The molecular formula is C12H16ClN3OS. The van der Waals surface area contributed by atoms with Crippen molar-refractivity contribution >= 4 is 22.9 Å². The van der Waals surface area contributed by atoms with Crippen LogP contribution in [0.2, 0.25) is 5.02 Å². The summed E-state index contributed by atoms with van der Waals surface area (Å²) in [4.78, 5) is 5.07. The first-order chi connectivity index (χ1) is 8.56. The Morgan fingerprint density at radius 3 is 2.89 bits per heavy atom. The van der Waals surface area contributed by atoms with Crippen LogP contribution in [0.3, 0.4) is 0 Å². The molecule has 0 fully saturated rings. The average Bonchev–Trinajstić information content (AvgIpc) is 2.88. The summed E-state index contributed by atoms with van der Waals surface area (Å²) in [6.07, 6.45) is 1.42. The molecule has 0 spiro atoms. The van der Waals surface area contributed by atoms with E-state index in [4.69, 9.17) is 11.6 Å². The van der Waals surface area contributed by atoms with E-state index in [0.717, 1.165) is 17.2 Å². The molecule has 0 amide bonds. The molecule has 2 heterocycles. The number of hydrogen-bond donors (Lipinski definition) is 1. The van der Waals surface area contributed by atoms with E-state index in [1.54, 1.807) is 6.07 Å². The smallest absolute Gasteiger partial charge is 0.138 e. The molecule has 0 saturated carbocycles. The Kier molecular flexibility index (Phi) is 4.37. The van der Waals surface area contributed by atoms with Gasteiger partial charge < -0.3 is 5.11 Å². The van der Waals surface area contributed by atoms with E-state index in [2.05, 4.69) is 23.9 Å². The van der Waals surface area contributed by atoms with Crippen molar-refractivity contribution in [1.29, 1.82) is 0 Å².